The lowest BCUT2D eigenvalue weighted by Gasteiger charge is -2.03. The SMILES string of the molecule is C.c1ccc(-c2ccc(-c3oc(-c4ccccc4)c4ccccc34)cc2)cc1. The molecule has 0 unspecified atom stereocenters. The van der Waals surface area contributed by atoms with Gasteiger partial charge in [0, 0.05) is 21.9 Å². The Balaban J connectivity index is 0.00000192. The maximum Gasteiger partial charge on any atom is 0.142 e. The van der Waals surface area contributed by atoms with Crippen LogP contribution in [0.5, 0.6) is 0 Å². The molecular formula is C27H22O. The van der Waals surface area contributed by atoms with Crippen LogP contribution in [-0.4, -0.2) is 0 Å². The predicted molar refractivity (Wildman–Crippen MR) is 119 cm³/mol. The second kappa shape index (κ2) is 7.58. The van der Waals surface area contributed by atoms with Gasteiger partial charge in [-0.1, -0.05) is 117 Å². The van der Waals surface area contributed by atoms with Gasteiger partial charge in [0.05, 0.1) is 0 Å². The van der Waals surface area contributed by atoms with Crippen LogP contribution in [0.4, 0.5) is 0 Å². The summed E-state index contributed by atoms with van der Waals surface area (Å²) in [7, 11) is 0. The van der Waals surface area contributed by atoms with Gasteiger partial charge in [0.25, 0.3) is 0 Å². The zero-order valence-electron chi connectivity index (χ0n) is 14.8. The summed E-state index contributed by atoms with van der Waals surface area (Å²) >= 11 is 0. The van der Waals surface area contributed by atoms with Crippen LogP contribution < -0.4 is 0 Å². The van der Waals surface area contributed by atoms with E-state index in [1.165, 1.54) is 11.1 Å². The summed E-state index contributed by atoms with van der Waals surface area (Å²) in [6.45, 7) is 0. The Morgan fingerprint density at radius 3 is 1.25 bits per heavy atom. The normalized spacial score (nSPS) is 10.6. The van der Waals surface area contributed by atoms with Gasteiger partial charge in [-0.15, -0.1) is 0 Å². The van der Waals surface area contributed by atoms with Crippen LogP contribution in [-0.2, 0) is 0 Å². The van der Waals surface area contributed by atoms with Crippen LogP contribution >= 0.6 is 0 Å². The van der Waals surface area contributed by atoms with Crippen molar-refractivity contribution in [3.8, 4) is 33.8 Å². The first-order valence-corrected chi connectivity index (χ1v) is 9.13. The van der Waals surface area contributed by atoms with E-state index in [1.54, 1.807) is 0 Å². The molecule has 0 saturated heterocycles. The minimum atomic E-state index is 0. The van der Waals surface area contributed by atoms with Crippen LogP contribution in [0, 0.1) is 0 Å². The second-order valence-electron chi connectivity index (χ2n) is 6.62. The van der Waals surface area contributed by atoms with Crippen molar-refractivity contribution in [1.29, 1.82) is 0 Å². The molecule has 0 aliphatic heterocycles. The van der Waals surface area contributed by atoms with Gasteiger partial charge in [0.15, 0.2) is 0 Å². The molecule has 0 aliphatic carbocycles. The molecule has 5 rings (SSSR count). The maximum absolute atomic E-state index is 6.38. The summed E-state index contributed by atoms with van der Waals surface area (Å²) in [5, 5.41) is 2.29. The third kappa shape index (κ3) is 3.12. The zero-order chi connectivity index (χ0) is 18.1. The van der Waals surface area contributed by atoms with Crippen molar-refractivity contribution in [2.24, 2.45) is 0 Å². The first-order valence-electron chi connectivity index (χ1n) is 9.13. The van der Waals surface area contributed by atoms with E-state index in [9.17, 15) is 0 Å². The molecule has 136 valence electrons. The second-order valence-corrected chi connectivity index (χ2v) is 6.62. The summed E-state index contributed by atoms with van der Waals surface area (Å²) in [6.07, 6.45) is 0. The lowest BCUT2D eigenvalue weighted by molar-refractivity contribution is 0.602. The quantitative estimate of drug-likeness (QED) is 0.316. The lowest BCUT2D eigenvalue weighted by Crippen LogP contribution is -1.79. The fourth-order valence-electron chi connectivity index (χ4n) is 3.55. The number of hydrogen-bond acceptors (Lipinski definition) is 1. The Labute approximate surface area is 165 Å². The highest BCUT2D eigenvalue weighted by molar-refractivity contribution is 6.02. The Hall–Kier alpha value is -3.58. The molecule has 4 aromatic carbocycles. The molecule has 1 nitrogen and oxygen atoms in total. The van der Waals surface area contributed by atoms with Crippen LogP contribution in [0.15, 0.2) is 114 Å². The number of benzene rings is 4. The summed E-state index contributed by atoms with van der Waals surface area (Å²) in [5.74, 6) is 1.84. The van der Waals surface area contributed by atoms with Crippen molar-refractivity contribution in [1.82, 2.24) is 0 Å². The smallest absolute Gasteiger partial charge is 0.142 e. The van der Waals surface area contributed by atoms with Gasteiger partial charge in [0.2, 0.25) is 0 Å². The van der Waals surface area contributed by atoms with Crippen molar-refractivity contribution in [3.63, 3.8) is 0 Å². The van der Waals surface area contributed by atoms with Gasteiger partial charge < -0.3 is 4.42 Å². The van der Waals surface area contributed by atoms with Crippen molar-refractivity contribution in [2.45, 2.75) is 7.43 Å². The highest BCUT2D eigenvalue weighted by Gasteiger charge is 2.15. The highest BCUT2D eigenvalue weighted by Crippen LogP contribution is 2.39. The molecule has 0 bridgehead atoms. The largest absolute Gasteiger partial charge is 0.455 e. The summed E-state index contributed by atoms with van der Waals surface area (Å²) in [5.41, 5.74) is 4.62. The number of rotatable bonds is 3. The topological polar surface area (TPSA) is 13.1 Å². The van der Waals surface area contributed by atoms with Crippen LogP contribution in [0.2, 0.25) is 0 Å². The fraction of sp³-hybridized carbons (Fsp3) is 0.0370. The van der Waals surface area contributed by atoms with Crippen LogP contribution in [0.3, 0.4) is 0 Å². The standard InChI is InChI=1S/C26H18O.CH4/c1-3-9-19(10-4-1)20-15-17-22(18-16-20)26-24-14-8-7-13-23(24)25(27-26)21-11-5-2-6-12-21;/h1-18H;1H4. The monoisotopic (exact) mass is 362 g/mol. The molecule has 0 saturated carbocycles. The molecule has 1 heterocycles. The molecule has 1 heteroatoms. The maximum atomic E-state index is 6.38. The van der Waals surface area contributed by atoms with E-state index in [0.717, 1.165) is 33.4 Å². The Kier molecular flexibility index (Phi) is 4.82. The fourth-order valence-corrected chi connectivity index (χ4v) is 3.55. The number of fused-ring (bicyclic) bond motifs is 1. The zero-order valence-corrected chi connectivity index (χ0v) is 14.8. The highest BCUT2D eigenvalue weighted by atomic mass is 16.3. The summed E-state index contributed by atoms with van der Waals surface area (Å²) in [6, 6.07) is 37.7. The Bertz CT molecular complexity index is 1180. The van der Waals surface area contributed by atoms with E-state index in [0.29, 0.717) is 0 Å². The van der Waals surface area contributed by atoms with Gasteiger partial charge in [-0.25, -0.2) is 0 Å². The van der Waals surface area contributed by atoms with Crippen molar-refractivity contribution >= 4 is 10.8 Å². The average molecular weight is 362 g/mol. The van der Waals surface area contributed by atoms with Crippen molar-refractivity contribution in [3.05, 3.63) is 109 Å². The van der Waals surface area contributed by atoms with Crippen molar-refractivity contribution in [2.75, 3.05) is 0 Å². The molecule has 5 aromatic rings. The molecule has 1 aromatic heterocycles. The van der Waals surface area contributed by atoms with Gasteiger partial charge >= 0.3 is 0 Å². The van der Waals surface area contributed by atoms with Crippen LogP contribution in [0.1, 0.15) is 7.43 Å². The molecule has 0 N–H and O–H groups in total. The number of hydrogen-bond donors (Lipinski definition) is 0. The van der Waals surface area contributed by atoms with Gasteiger partial charge in [-0.05, 0) is 11.1 Å². The number of furan rings is 1. The van der Waals surface area contributed by atoms with E-state index >= 15 is 0 Å². The third-order valence-electron chi connectivity index (χ3n) is 4.91. The molecular weight excluding hydrogens is 340 g/mol. The molecule has 0 radical (unpaired) electrons. The van der Waals surface area contributed by atoms with E-state index in [-0.39, 0.29) is 7.43 Å². The third-order valence-corrected chi connectivity index (χ3v) is 4.91. The van der Waals surface area contributed by atoms with Gasteiger partial charge in [-0.3, -0.25) is 0 Å². The molecule has 0 amide bonds. The molecule has 28 heavy (non-hydrogen) atoms. The predicted octanol–water partition coefficient (Wildman–Crippen LogP) is 8.07. The molecule has 0 aliphatic rings. The van der Waals surface area contributed by atoms with E-state index in [4.69, 9.17) is 4.42 Å². The minimum absolute atomic E-state index is 0. The lowest BCUT2D eigenvalue weighted by atomic mass is 10.0. The van der Waals surface area contributed by atoms with Crippen LogP contribution in [0.25, 0.3) is 44.5 Å². The molecule has 0 spiro atoms. The first-order chi connectivity index (χ1) is 13.4. The van der Waals surface area contributed by atoms with Crippen molar-refractivity contribution < 1.29 is 4.42 Å². The molecule has 0 atom stereocenters. The Morgan fingerprint density at radius 1 is 0.357 bits per heavy atom. The summed E-state index contributed by atoms with van der Waals surface area (Å²) < 4.78 is 6.38. The Morgan fingerprint density at radius 2 is 0.714 bits per heavy atom. The van der Waals surface area contributed by atoms with E-state index in [2.05, 4.69) is 84.9 Å². The van der Waals surface area contributed by atoms with Gasteiger partial charge in [0.1, 0.15) is 11.5 Å². The summed E-state index contributed by atoms with van der Waals surface area (Å²) in [4.78, 5) is 0. The molecule has 0 fully saturated rings. The van der Waals surface area contributed by atoms with Gasteiger partial charge in [-0.2, -0.15) is 0 Å². The van der Waals surface area contributed by atoms with E-state index in [1.807, 2.05) is 24.3 Å². The first kappa shape index (κ1) is 17.8. The van der Waals surface area contributed by atoms with E-state index < -0.39 is 0 Å². The average Bonchev–Trinajstić information content (AvgIpc) is 3.15. The minimum Gasteiger partial charge on any atom is -0.455 e.